The average Bonchev–Trinajstić information content (AvgIpc) is 3.10. The van der Waals surface area contributed by atoms with Crippen LogP contribution in [0.3, 0.4) is 0 Å². The van der Waals surface area contributed by atoms with Crippen molar-refractivity contribution >= 4 is 23.0 Å². The number of amides is 1. The number of rotatable bonds is 4. The molecule has 1 saturated heterocycles. The maximum atomic E-state index is 13.9. The van der Waals surface area contributed by atoms with Gasteiger partial charge in [0.05, 0.1) is 12.9 Å². The van der Waals surface area contributed by atoms with E-state index in [9.17, 15) is 19.1 Å². The average molecular weight is 355 g/mol. The molecule has 0 aromatic carbocycles. The van der Waals surface area contributed by atoms with Crippen LogP contribution in [0.2, 0.25) is 0 Å². The number of alkyl halides is 1. The molecule has 2 aromatic heterocycles. The lowest BCUT2D eigenvalue weighted by Crippen LogP contribution is -2.29. The fourth-order valence-electron chi connectivity index (χ4n) is 2.52. The first kappa shape index (κ1) is 17.5. The molecule has 0 aliphatic carbocycles. The van der Waals surface area contributed by atoms with Gasteiger partial charge in [0, 0.05) is 5.92 Å². The van der Waals surface area contributed by atoms with Crippen molar-refractivity contribution in [3.63, 3.8) is 0 Å². The maximum Gasteiger partial charge on any atom is 0.280 e. The van der Waals surface area contributed by atoms with Gasteiger partial charge in [0.25, 0.3) is 5.56 Å². The number of anilines is 1. The zero-order valence-electron chi connectivity index (χ0n) is 13.5. The smallest absolute Gasteiger partial charge is 0.280 e. The topological polar surface area (TPSA) is 142 Å². The van der Waals surface area contributed by atoms with Gasteiger partial charge in [0.1, 0.15) is 12.2 Å². The Morgan fingerprint density at radius 1 is 1.56 bits per heavy atom. The van der Waals surface area contributed by atoms with Crippen LogP contribution in [-0.2, 0) is 9.53 Å². The van der Waals surface area contributed by atoms with Crippen molar-refractivity contribution in [1.82, 2.24) is 19.5 Å². The van der Waals surface area contributed by atoms with Gasteiger partial charge in [-0.25, -0.2) is 9.37 Å². The van der Waals surface area contributed by atoms with E-state index in [0.29, 0.717) is 0 Å². The Balaban J connectivity index is 2.01. The number of halogens is 1. The highest BCUT2D eigenvalue weighted by atomic mass is 19.1. The number of nitrogens with one attached hydrogen (secondary N) is 2. The monoisotopic (exact) mass is 355 g/mol. The minimum atomic E-state index is -1.80. The fraction of sp³-hybridized carbons (Fsp3) is 0.571. The third-order valence-electron chi connectivity index (χ3n) is 3.94. The number of hydrogen-bond donors (Lipinski definition) is 4. The molecule has 0 bridgehead atoms. The van der Waals surface area contributed by atoms with Gasteiger partial charge in [-0.3, -0.25) is 24.5 Å². The fourth-order valence-corrected chi connectivity index (χ4v) is 2.52. The number of hydrogen-bond acceptors (Lipinski definition) is 7. The van der Waals surface area contributed by atoms with Crippen LogP contribution in [0.4, 0.5) is 10.3 Å². The number of aliphatic hydroxyl groups is 2. The van der Waals surface area contributed by atoms with E-state index < -0.39 is 36.8 Å². The van der Waals surface area contributed by atoms with Crippen LogP contribution in [0, 0.1) is 5.92 Å². The van der Waals surface area contributed by atoms with Crippen LogP contribution in [0.15, 0.2) is 11.1 Å². The molecule has 0 radical (unpaired) electrons. The molecule has 136 valence electrons. The Labute approximate surface area is 140 Å². The largest absolute Gasteiger partial charge is 0.394 e. The molecule has 1 fully saturated rings. The number of fused-ring (bicyclic) bond motifs is 1. The van der Waals surface area contributed by atoms with Gasteiger partial charge in [0.2, 0.25) is 11.9 Å². The van der Waals surface area contributed by atoms with E-state index in [1.165, 1.54) is 10.9 Å². The van der Waals surface area contributed by atoms with E-state index >= 15 is 0 Å². The second-order valence-electron chi connectivity index (χ2n) is 6.07. The van der Waals surface area contributed by atoms with Gasteiger partial charge in [-0.05, 0) is 0 Å². The summed E-state index contributed by atoms with van der Waals surface area (Å²) in [6.07, 6.45) is -4.58. The van der Waals surface area contributed by atoms with Crippen LogP contribution in [0.1, 0.15) is 20.1 Å². The lowest BCUT2D eigenvalue weighted by Gasteiger charge is -2.16. The van der Waals surface area contributed by atoms with Crippen LogP contribution in [0.25, 0.3) is 11.2 Å². The Hall–Kier alpha value is -2.37. The normalized spacial score (nSPS) is 26.5. The maximum absolute atomic E-state index is 13.9. The van der Waals surface area contributed by atoms with Gasteiger partial charge < -0.3 is 14.9 Å². The number of imidazole rings is 1. The number of ether oxygens (including phenoxy) is 1. The first-order valence-electron chi connectivity index (χ1n) is 7.69. The van der Waals surface area contributed by atoms with E-state index in [0.717, 1.165) is 0 Å². The molecule has 1 aliphatic heterocycles. The summed E-state index contributed by atoms with van der Waals surface area (Å²) < 4.78 is 20.4. The molecule has 10 nitrogen and oxygen atoms in total. The predicted molar refractivity (Wildman–Crippen MR) is 83.5 cm³/mol. The Kier molecular flexibility index (Phi) is 4.54. The molecule has 4 N–H and O–H groups in total. The quantitative estimate of drug-likeness (QED) is 0.568. The van der Waals surface area contributed by atoms with Crippen molar-refractivity contribution < 1.29 is 24.1 Å². The summed E-state index contributed by atoms with van der Waals surface area (Å²) in [5.74, 6) is -0.778. The van der Waals surface area contributed by atoms with Gasteiger partial charge in [0.15, 0.2) is 23.6 Å². The van der Waals surface area contributed by atoms with Crippen molar-refractivity contribution in [1.29, 1.82) is 0 Å². The minimum absolute atomic E-state index is 0.0117. The van der Waals surface area contributed by atoms with E-state index in [-0.39, 0.29) is 28.9 Å². The SMILES string of the molecule is CC(C)C(=O)Nc1nc2c(ncn2[C@@H]2O[C@H](CO)[C@H](F)[C@H]2O)c(=O)[nH]1. The zero-order chi connectivity index (χ0) is 18.3. The zero-order valence-corrected chi connectivity index (χ0v) is 13.5. The molecular formula is C14H18FN5O5. The summed E-state index contributed by atoms with van der Waals surface area (Å²) in [7, 11) is 0. The highest BCUT2D eigenvalue weighted by Crippen LogP contribution is 2.32. The lowest BCUT2D eigenvalue weighted by molar-refractivity contribution is -0.118. The molecule has 3 heterocycles. The van der Waals surface area contributed by atoms with Crippen molar-refractivity contribution in [3.8, 4) is 0 Å². The molecule has 25 heavy (non-hydrogen) atoms. The van der Waals surface area contributed by atoms with Crippen LogP contribution in [0.5, 0.6) is 0 Å². The first-order chi connectivity index (χ1) is 11.8. The van der Waals surface area contributed by atoms with Gasteiger partial charge in [-0.1, -0.05) is 13.8 Å². The number of carbonyl (C=O) groups is 1. The number of aromatic nitrogens is 4. The number of aromatic amines is 1. The summed E-state index contributed by atoms with van der Waals surface area (Å²) in [4.78, 5) is 34.3. The van der Waals surface area contributed by atoms with E-state index in [1.54, 1.807) is 13.8 Å². The number of nitrogens with zero attached hydrogens (tertiary/aromatic N) is 3. The summed E-state index contributed by atoms with van der Waals surface area (Å²) in [5, 5.41) is 21.6. The van der Waals surface area contributed by atoms with E-state index in [2.05, 4.69) is 20.3 Å². The Bertz CT molecular complexity index is 850. The third kappa shape index (κ3) is 3.01. The summed E-state index contributed by atoms with van der Waals surface area (Å²) in [6.45, 7) is 2.75. The van der Waals surface area contributed by atoms with Gasteiger partial charge >= 0.3 is 0 Å². The summed E-state index contributed by atoms with van der Waals surface area (Å²) in [5.41, 5.74) is -0.648. The van der Waals surface area contributed by atoms with Gasteiger partial charge in [-0.2, -0.15) is 4.98 Å². The molecule has 2 aromatic rings. The standard InChI is InChI=1S/C14H18FN5O5/c1-5(2)11(23)18-14-17-10-8(12(24)19-14)16-4-20(10)13-9(22)7(15)6(3-21)25-13/h4-7,9,13,21-22H,3H2,1-2H3,(H2,17,18,19,23,24)/t6-,7+,9-,13-/m1/s1. The molecule has 3 rings (SSSR count). The van der Waals surface area contributed by atoms with Gasteiger partial charge in [-0.15, -0.1) is 0 Å². The highest BCUT2D eigenvalue weighted by Gasteiger charge is 2.45. The van der Waals surface area contributed by atoms with Crippen molar-refractivity contribution in [2.75, 3.05) is 11.9 Å². The first-order valence-corrected chi connectivity index (χ1v) is 7.69. The van der Waals surface area contributed by atoms with Crippen LogP contribution in [-0.4, -0.2) is 60.6 Å². The van der Waals surface area contributed by atoms with Crippen LogP contribution < -0.4 is 10.9 Å². The molecule has 1 aliphatic rings. The second kappa shape index (κ2) is 6.50. The Morgan fingerprint density at radius 2 is 2.28 bits per heavy atom. The minimum Gasteiger partial charge on any atom is -0.394 e. The van der Waals surface area contributed by atoms with E-state index in [1.807, 2.05) is 0 Å². The molecular weight excluding hydrogens is 337 g/mol. The molecule has 0 unspecified atom stereocenters. The summed E-state index contributed by atoms with van der Waals surface area (Å²) >= 11 is 0. The number of aliphatic hydroxyl groups excluding tert-OH is 2. The Morgan fingerprint density at radius 3 is 2.88 bits per heavy atom. The van der Waals surface area contributed by atoms with Crippen molar-refractivity contribution in [2.45, 2.75) is 38.5 Å². The summed E-state index contributed by atoms with van der Waals surface area (Å²) in [6, 6.07) is 0. The molecule has 4 atom stereocenters. The molecule has 0 saturated carbocycles. The second-order valence-corrected chi connectivity index (χ2v) is 6.07. The highest BCUT2D eigenvalue weighted by molar-refractivity contribution is 5.91. The molecule has 11 heteroatoms. The van der Waals surface area contributed by atoms with Crippen molar-refractivity contribution in [3.05, 3.63) is 16.7 Å². The van der Waals surface area contributed by atoms with Crippen LogP contribution >= 0.6 is 0 Å². The van der Waals surface area contributed by atoms with Crippen molar-refractivity contribution in [2.24, 2.45) is 5.92 Å². The number of H-pyrrole nitrogens is 1. The third-order valence-corrected chi connectivity index (χ3v) is 3.94. The van der Waals surface area contributed by atoms with E-state index in [4.69, 9.17) is 9.84 Å². The molecule has 0 spiro atoms. The molecule has 1 amide bonds. The number of carbonyl (C=O) groups excluding carboxylic acids is 1. The lowest BCUT2D eigenvalue weighted by atomic mass is 10.1. The predicted octanol–water partition coefficient (Wildman–Crippen LogP) is -0.697.